The monoisotopic (exact) mass is 240 g/mol. The van der Waals surface area contributed by atoms with E-state index in [9.17, 15) is 4.79 Å². The average Bonchev–Trinajstić information content (AvgIpc) is 2.39. The Morgan fingerprint density at radius 1 is 0.889 bits per heavy atom. The van der Waals surface area contributed by atoms with Crippen molar-refractivity contribution in [1.29, 1.82) is 0 Å². The Bertz CT molecular complexity index is 500. The molecule has 0 aromatic heterocycles. The second kappa shape index (κ2) is 6.01. The molecule has 0 spiro atoms. The molecule has 0 saturated heterocycles. The third-order valence-corrected chi connectivity index (χ3v) is 2.72. The van der Waals surface area contributed by atoms with Gasteiger partial charge in [0.05, 0.1) is 0 Å². The van der Waals surface area contributed by atoms with E-state index in [0.29, 0.717) is 6.61 Å². The van der Waals surface area contributed by atoms with Crippen LogP contribution in [0.2, 0.25) is 0 Å². The summed E-state index contributed by atoms with van der Waals surface area (Å²) in [6.07, 6.45) is 0.925. The van der Waals surface area contributed by atoms with Crippen LogP contribution in [-0.2, 0) is 22.6 Å². The predicted molar refractivity (Wildman–Crippen MR) is 71.2 cm³/mol. The lowest BCUT2D eigenvalue weighted by Crippen LogP contribution is -1.98. The van der Waals surface area contributed by atoms with Crippen LogP contribution in [0.1, 0.15) is 23.6 Å². The maximum absolute atomic E-state index is 10.7. The van der Waals surface area contributed by atoms with Crippen molar-refractivity contribution in [3.05, 3.63) is 71.3 Å². The van der Waals surface area contributed by atoms with E-state index < -0.39 is 0 Å². The Morgan fingerprint density at radius 2 is 1.44 bits per heavy atom. The molecule has 2 aromatic rings. The van der Waals surface area contributed by atoms with E-state index in [1.165, 1.54) is 18.1 Å². The van der Waals surface area contributed by atoms with Crippen LogP contribution in [0.3, 0.4) is 0 Å². The van der Waals surface area contributed by atoms with E-state index in [4.69, 9.17) is 4.74 Å². The van der Waals surface area contributed by atoms with Gasteiger partial charge in [0.2, 0.25) is 0 Å². The molecule has 0 fully saturated rings. The van der Waals surface area contributed by atoms with Gasteiger partial charge in [-0.2, -0.15) is 0 Å². The standard InChI is InChI=1S/C16H16O2/c1-13(17)18-12-16-9-7-15(8-10-16)11-14-5-3-2-4-6-14/h2-10H,11-12H2,1H3. The van der Waals surface area contributed by atoms with E-state index in [2.05, 4.69) is 24.3 Å². The summed E-state index contributed by atoms with van der Waals surface area (Å²) in [7, 11) is 0. The summed E-state index contributed by atoms with van der Waals surface area (Å²) in [5.41, 5.74) is 3.57. The molecule has 2 nitrogen and oxygen atoms in total. The van der Waals surface area contributed by atoms with Gasteiger partial charge in [0, 0.05) is 6.92 Å². The lowest BCUT2D eigenvalue weighted by molar-refractivity contribution is -0.142. The zero-order chi connectivity index (χ0) is 12.8. The van der Waals surface area contributed by atoms with Crippen molar-refractivity contribution in [1.82, 2.24) is 0 Å². The smallest absolute Gasteiger partial charge is 0.302 e. The van der Waals surface area contributed by atoms with Crippen LogP contribution in [0.4, 0.5) is 0 Å². The molecular weight excluding hydrogens is 224 g/mol. The fraction of sp³-hybridized carbons (Fsp3) is 0.188. The molecule has 2 aromatic carbocycles. The van der Waals surface area contributed by atoms with Crippen molar-refractivity contribution >= 4 is 5.97 Å². The largest absolute Gasteiger partial charge is 0.461 e. The Morgan fingerprint density at radius 3 is 2.06 bits per heavy atom. The molecule has 2 rings (SSSR count). The number of hydrogen-bond acceptors (Lipinski definition) is 2. The predicted octanol–water partition coefficient (Wildman–Crippen LogP) is 3.34. The summed E-state index contributed by atoms with van der Waals surface area (Å²) in [6.45, 7) is 1.77. The third-order valence-electron chi connectivity index (χ3n) is 2.72. The van der Waals surface area contributed by atoms with Crippen LogP contribution in [0.15, 0.2) is 54.6 Å². The zero-order valence-electron chi connectivity index (χ0n) is 10.4. The maximum atomic E-state index is 10.7. The lowest BCUT2D eigenvalue weighted by atomic mass is 10.0. The number of carbonyl (C=O) groups excluding carboxylic acids is 1. The van der Waals surface area contributed by atoms with Crippen LogP contribution >= 0.6 is 0 Å². The van der Waals surface area contributed by atoms with Crippen LogP contribution in [-0.4, -0.2) is 5.97 Å². The lowest BCUT2D eigenvalue weighted by Gasteiger charge is -2.05. The van der Waals surface area contributed by atoms with Crippen molar-refractivity contribution in [2.75, 3.05) is 0 Å². The fourth-order valence-electron chi connectivity index (χ4n) is 1.77. The van der Waals surface area contributed by atoms with Gasteiger partial charge in [-0.25, -0.2) is 0 Å². The SMILES string of the molecule is CC(=O)OCc1ccc(Cc2ccccc2)cc1. The van der Waals surface area contributed by atoms with Gasteiger partial charge < -0.3 is 4.74 Å². The molecule has 2 heteroatoms. The second-order valence-electron chi connectivity index (χ2n) is 4.26. The molecule has 0 atom stereocenters. The van der Waals surface area contributed by atoms with E-state index in [1.807, 2.05) is 30.3 Å². The van der Waals surface area contributed by atoms with E-state index >= 15 is 0 Å². The molecule has 0 unspecified atom stereocenters. The summed E-state index contributed by atoms with van der Waals surface area (Å²) >= 11 is 0. The number of hydrogen-bond donors (Lipinski definition) is 0. The average molecular weight is 240 g/mol. The minimum absolute atomic E-state index is 0.247. The molecular formula is C16H16O2. The molecule has 0 radical (unpaired) electrons. The molecule has 18 heavy (non-hydrogen) atoms. The molecule has 92 valence electrons. The highest BCUT2D eigenvalue weighted by atomic mass is 16.5. The highest BCUT2D eigenvalue weighted by Crippen LogP contribution is 2.11. The first-order valence-electron chi connectivity index (χ1n) is 5.99. The fourth-order valence-corrected chi connectivity index (χ4v) is 1.77. The Hall–Kier alpha value is -2.09. The summed E-state index contributed by atoms with van der Waals surface area (Å²) in [4.78, 5) is 10.7. The molecule has 0 bridgehead atoms. The molecule has 0 aliphatic rings. The van der Waals surface area contributed by atoms with Gasteiger partial charge in [0.25, 0.3) is 0 Å². The first-order chi connectivity index (χ1) is 8.74. The molecule has 0 heterocycles. The van der Waals surface area contributed by atoms with Crippen molar-refractivity contribution in [3.63, 3.8) is 0 Å². The van der Waals surface area contributed by atoms with Gasteiger partial charge >= 0.3 is 5.97 Å². The number of rotatable bonds is 4. The number of ether oxygens (including phenoxy) is 1. The maximum Gasteiger partial charge on any atom is 0.302 e. The first kappa shape index (κ1) is 12.4. The number of benzene rings is 2. The van der Waals surface area contributed by atoms with Gasteiger partial charge in [0.15, 0.2) is 0 Å². The minimum atomic E-state index is -0.247. The Labute approximate surface area is 107 Å². The molecule has 0 N–H and O–H groups in total. The van der Waals surface area contributed by atoms with Gasteiger partial charge in [0.1, 0.15) is 6.61 Å². The summed E-state index contributed by atoms with van der Waals surface area (Å²) < 4.78 is 4.95. The van der Waals surface area contributed by atoms with Crippen LogP contribution in [0, 0.1) is 0 Å². The number of esters is 1. The zero-order valence-corrected chi connectivity index (χ0v) is 10.4. The molecule has 0 amide bonds. The van der Waals surface area contributed by atoms with Crippen LogP contribution in [0.25, 0.3) is 0 Å². The van der Waals surface area contributed by atoms with Crippen LogP contribution < -0.4 is 0 Å². The van der Waals surface area contributed by atoms with E-state index in [0.717, 1.165) is 12.0 Å². The van der Waals surface area contributed by atoms with E-state index in [-0.39, 0.29) is 5.97 Å². The number of carbonyl (C=O) groups is 1. The Kier molecular flexibility index (Phi) is 4.13. The van der Waals surface area contributed by atoms with Crippen molar-refractivity contribution in [2.45, 2.75) is 20.0 Å². The first-order valence-corrected chi connectivity index (χ1v) is 5.99. The van der Waals surface area contributed by atoms with E-state index in [1.54, 1.807) is 0 Å². The van der Waals surface area contributed by atoms with Crippen LogP contribution in [0.5, 0.6) is 0 Å². The van der Waals surface area contributed by atoms with Gasteiger partial charge in [-0.3, -0.25) is 4.79 Å². The Balaban J connectivity index is 1.97. The highest BCUT2D eigenvalue weighted by Gasteiger charge is 1.98. The molecule has 0 aliphatic heterocycles. The summed E-state index contributed by atoms with van der Waals surface area (Å²) in [6, 6.07) is 18.5. The van der Waals surface area contributed by atoms with Gasteiger partial charge in [-0.15, -0.1) is 0 Å². The topological polar surface area (TPSA) is 26.3 Å². The van der Waals surface area contributed by atoms with Gasteiger partial charge in [-0.05, 0) is 23.1 Å². The van der Waals surface area contributed by atoms with Crippen molar-refractivity contribution < 1.29 is 9.53 Å². The molecule has 0 aliphatic carbocycles. The summed E-state index contributed by atoms with van der Waals surface area (Å²) in [5, 5.41) is 0. The minimum Gasteiger partial charge on any atom is -0.461 e. The normalized spacial score (nSPS) is 10.1. The highest BCUT2D eigenvalue weighted by molar-refractivity contribution is 5.65. The molecule has 0 saturated carbocycles. The van der Waals surface area contributed by atoms with Crippen molar-refractivity contribution in [2.24, 2.45) is 0 Å². The third kappa shape index (κ3) is 3.74. The van der Waals surface area contributed by atoms with Gasteiger partial charge in [-0.1, -0.05) is 54.6 Å². The second-order valence-corrected chi connectivity index (χ2v) is 4.26. The quantitative estimate of drug-likeness (QED) is 0.766. The summed E-state index contributed by atoms with van der Waals surface area (Å²) in [5.74, 6) is -0.247. The van der Waals surface area contributed by atoms with Crippen molar-refractivity contribution in [3.8, 4) is 0 Å².